The third kappa shape index (κ3) is 5.43. The number of nitrogens with zero attached hydrogens (tertiary/aromatic N) is 2. The SMILES string of the molecule is CCOc1ccc(NC(=O)Nc2nnc(COc3ccc(C)c(C)c3)s2)cc1. The standard InChI is InChI=1S/C20H22N4O3S/c1-4-26-16-9-6-15(7-10-16)21-19(25)22-20-24-23-18(28-20)12-27-17-8-5-13(2)14(3)11-17/h5-11H,4,12H2,1-3H3,(H2,21,22,24,25). The molecular formula is C20H22N4O3S. The summed E-state index contributed by atoms with van der Waals surface area (Å²) in [6.07, 6.45) is 0. The van der Waals surface area contributed by atoms with E-state index in [2.05, 4.69) is 27.8 Å². The van der Waals surface area contributed by atoms with Crippen molar-refractivity contribution in [1.82, 2.24) is 10.2 Å². The van der Waals surface area contributed by atoms with Crippen molar-refractivity contribution in [2.24, 2.45) is 0 Å². The first kappa shape index (κ1) is 19.6. The Kier molecular flexibility index (Phi) is 6.44. The third-order valence-corrected chi connectivity index (χ3v) is 4.76. The minimum absolute atomic E-state index is 0.294. The molecule has 0 aliphatic heterocycles. The van der Waals surface area contributed by atoms with E-state index in [4.69, 9.17) is 9.47 Å². The number of carbonyl (C=O) groups is 1. The summed E-state index contributed by atoms with van der Waals surface area (Å²) in [6.45, 7) is 6.91. The molecular weight excluding hydrogens is 376 g/mol. The number of rotatable bonds is 7. The maximum atomic E-state index is 12.1. The van der Waals surface area contributed by atoms with E-state index in [1.54, 1.807) is 24.3 Å². The van der Waals surface area contributed by atoms with Crippen molar-refractivity contribution in [2.45, 2.75) is 27.4 Å². The number of hydrogen-bond acceptors (Lipinski definition) is 6. The summed E-state index contributed by atoms with van der Waals surface area (Å²) in [6, 6.07) is 12.7. The number of urea groups is 1. The Balaban J connectivity index is 1.50. The molecule has 0 spiro atoms. The highest BCUT2D eigenvalue weighted by Crippen LogP contribution is 2.21. The zero-order chi connectivity index (χ0) is 19.9. The van der Waals surface area contributed by atoms with E-state index < -0.39 is 0 Å². The van der Waals surface area contributed by atoms with Gasteiger partial charge in [-0.2, -0.15) is 0 Å². The second-order valence-corrected chi connectivity index (χ2v) is 7.13. The molecule has 0 atom stereocenters. The van der Waals surface area contributed by atoms with Crippen molar-refractivity contribution >= 4 is 28.2 Å². The maximum Gasteiger partial charge on any atom is 0.325 e. The van der Waals surface area contributed by atoms with Crippen molar-refractivity contribution in [3.05, 3.63) is 58.6 Å². The van der Waals surface area contributed by atoms with Crippen molar-refractivity contribution in [3.8, 4) is 11.5 Å². The lowest BCUT2D eigenvalue weighted by Crippen LogP contribution is -2.19. The van der Waals surface area contributed by atoms with Crippen LogP contribution in [-0.2, 0) is 6.61 Å². The highest BCUT2D eigenvalue weighted by atomic mass is 32.1. The molecule has 0 aliphatic rings. The quantitative estimate of drug-likeness (QED) is 0.598. The minimum Gasteiger partial charge on any atom is -0.494 e. The van der Waals surface area contributed by atoms with Crippen LogP contribution < -0.4 is 20.1 Å². The van der Waals surface area contributed by atoms with E-state index in [1.807, 2.05) is 32.0 Å². The summed E-state index contributed by atoms with van der Waals surface area (Å²) in [5.41, 5.74) is 3.04. The first-order valence-electron chi connectivity index (χ1n) is 8.87. The average Bonchev–Trinajstić information content (AvgIpc) is 3.12. The van der Waals surface area contributed by atoms with Gasteiger partial charge in [0.1, 0.15) is 18.1 Å². The summed E-state index contributed by atoms with van der Waals surface area (Å²) < 4.78 is 11.1. The first-order valence-corrected chi connectivity index (χ1v) is 9.68. The van der Waals surface area contributed by atoms with E-state index in [1.165, 1.54) is 22.5 Å². The summed E-state index contributed by atoms with van der Waals surface area (Å²) in [5.74, 6) is 1.53. The maximum absolute atomic E-state index is 12.1. The van der Waals surface area contributed by atoms with Crippen LogP contribution in [0.5, 0.6) is 11.5 Å². The van der Waals surface area contributed by atoms with Crippen LogP contribution in [0.4, 0.5) is 15.6 Å². The largest absolute Gasteiger partial charge is 0.494 e. The highest BCUT2D eigenvalue weighted by Gasteiger charge is 2.09. The Bertz CT molecular complexity index is 941. The summed E-state index contributed by atoms with van der Waals surface area (Å²) >= 11 is 1.27. The van der Waals surface area contributed by atoms with Crippen LogP contribution in [0.15, 0.2) is 42.5 Å². The van der Waals surface area contributed by atoms with Gasteiger partial charge in [-0.1, -0.05) is 17.4 Å². The fourth-order valence-corrected chi connectivity index (χ4v) is 3.02. The molecule has 2 N–H and O–H groups in total. The van der Waals surface area contributed by atoms with Crippen LogP contribution in [0, 0.1) is 13.8 Å². The summed E-state index contributed by atoms with van der Waals surface area (Å²) in [5, 5.41) is 14.5. The number of aromatic nitrogens is 2. The summed E-state index contributed by atoms with van der Waals surface area (Å²) in [4.78, 5) is 12.1. The van der Waals surface area contributed by atoms with Gasteiger partial charge in [0, 0.05) is 5.69 Å². The Hall–Kier alpha value is -3.13. The van der Waals surface area contributed by atoms with Crippen LogP contribution in [0.25, 0.3) is 0 Å². The van der Waals surface area contributed by atoms with E-state index >= 15 is 0 Å². The molecule has 2 amide bonds. The monoisotopic (exact) mass is 398 g/mol. The third-order valence-electron chi connectivity index (χ3n) is 3.95. The molecule has 1 aromatic heterocycles. The number of anilines is 2. The van der Waals surface area contributed by atoms with Crippen LogP contribution in [0.2, 0.25) is 0 Å². The minimum atomic E-state index is -0.387. The fraction of sp³-hybridized carbons (Fsp3) is 0.250. The lowest BCUT2D eigenvalue weighted by molar-refractivity contribution is 0.262. The lowest BCUT2D eigenvalue weighted by Gasteiger charge is -2.07. The molecule has 3 rings (SSSR count). The van der Waals surface area contributed by atoms with Crippen LogP contribution in [0.1, 0.15) is 23.1 Å². The van der Waals surface area contributed by atoms with Gasteiger partial charge in [-0.15, -0.1) is 10.2 Å². The van der Waals surface area contributed by atoms with E-state index in [0.29, 0.717) is 29.0 Å². The average molecular weight is 398 g/mol. The normalized spacial score (nSPS) is 10.4. The van der Waals surface area contributed by atoms with E-state index in [9.17, 15) is 4.79 Å². The molecule has 146 valence electrons. The van der Waals surface area contributed by atoms with Gasteiger partial charge in [0.25, 0.3) is 0 Å². The number of nitrogens with one attached hydrogen (secondary N) is 2. The van der Waals surface area contributed by atoms with Crippen LogP contribution in [0.3, 0.4) is 0 Å². The molecule has 0 unspecified atom stereocenters. The molecule has 2 aromatic carbocycles. The van der Waals surface area contributed by atoms with Gasteiger partial charge >= 0.3 is 6.03 Å². The number of benzene rings is 2. The van der Waals surface area contributed by atoms with Crippen molar-refractivity contribution in [1.29, 1.82) is 0 Å². The molecule has 3 aromatic rings. The van der Waals surface area contributed by atoms with Gasteiger partial charge in [-0.25, -0.2) is 4.79 Å². The topological polar surface area (TPSA) is 85.4 Å². The van der Waals surface area contributed by atoms with E-state index in [0.717, 1.165) is 11.5 Å². The van der Waals surface area contributed by atoms with Gasteiger partial charge in [-0.05, 0) is 68.3 Å². The fourth-order valence-electron chi connectivity index (χ4n) is 2.37. The van der Waals surface area contributed by atoms with Gasteiger partial charge in [0.15, 0.2) is 5.01 Å². The highest BCUT2D eigenvalue weighted by molar-refractivity contribution is 7.15. The molecule has 1 heterocycles. The van der Waals surface area contributed by atoms with Gasteiger partial charge < -0.3 is 14.8 Å². The Morgan fingerprint density at radius 1 is 0.964 bits per heavy atom. The molecule has 28 heavy (non-hydrogen) atoms. The molecule has 0 saturated carbocycles. The molecule has 7 nitrogen and oxygen atoms in total. The molecule has 0 saturated heterocycles. The second-order valence-electron chi connectivity index (χ2n) is 6.07. The lowest BCUT2D eigenvalue weighted by atomic mass is 10.1. The molecule has 8 heteroatoms. The predicted octanol–water partition coefficient (Wildman–Crippen LogP) is 4.78. The van der Waals surface area contributed by atoms with E-state index in [-0.39, 0.29) is 6.03 Å². The van der Waals surface area contributed by atoms with Crippen molar-refractivity contribution in [3.63, 3.8) is 0 Å². The molecule has 0 fully saturated rings. The van der Waals surface area contributed by atoms with Crippen LogP contribution >= 0.6 is 11.3 Å². The Morgan fingerprint density at radius 3 is 2.43 bits per heavy atom. The van der Waals surface area contributed by atoms with Crippen molar-refractivity contribution < 1.29 is 14.3 Å². The molecule has 0 aliphatic carbocycles. The summed E-state index contributed by atoms with van der Waals surface area (Å²) in [7, 11) is 0. The number of aryl methyl sites for hydroxylation is 2. The van der Waals surface area contributed by atoms with Gasteiger partial charge in [-0.3, -0.25) is 5.32 Å². The van der Waals surface area contributed by atoms with Gasteiger partial charge in [0.2, 0.25) is 5.13 Å². The predicted molar refractivity (Wildman–Crippen MR) is 110 cm³/mol. The first-order chi connectivity index (χ1) is 13.5. The molecule has 0 radical (unpaired) electrons. The Labute approximate surface area is 167 Å². The second kappa shape index (κ2) is 9.18. The smallest absolute Gasteiger partial charge is 0.325 e. The Morgan fingerprint density at radius 2 is 1.71 bits per heavy atom. The zero-order valence-electron chi connectivity index (χ0n) is 16.0. The number of hydrogen-bond donors (Lipinski definition) is 2. The number of carbonyl (C=O) groups excluding carboxylic acids is 1. The number of amides is 2. The van der Waals surface area contributed by atoms with Gasteiger partial charge in [0.05, 0.1) is 6.61 Å². The zero-order valence-corrected chi connectivity index (χ0v) is 16.8. The van der Waals surface area contributed by atoms with Crippen molar-refractivity contribution in [2.75, 3.05) is 17.2 Å². The molecule has 0 bridgehead atoms. The number of ether oxygens (including phenoxy) is 2. The van der Waals surface area contributed by atoms with Crippen LogP contribution in [-0.4, -0.2) is 22.8 Å².